The number of nitrogens with zero attached hydrogens (tertiary/aromatic N) is 4. The van der Waals surface area contributed by atoms with E-state index in [4.69, 9.17) is 37.7 Å². The summed E-state index contributed by atoms with van der Waals surface area (Å²) in [6.07, 6.45) is 4.38. The highest BCUT2D eigenvalue weighted by atomic mass is 35.5. The van der Waals surface area contributed by atoms with Crippen molar-refractivity contribution >= 4 is 46.1 Å². The molecule has 0 radical (unpaired) electrons. The van der Waals surface area contributed by atoms with Gasteiger partial charge in [0.05, 0.1) is 40.7 Å². The molecule has 1 aliphatic heterocycles. The van der Waals surface area contributed by atoms with E-state index in [0.29, 0.717) is 69.9 Å². The van der Waals surface area contributed by atoms with Gasteiger partial charge in [0.15, 0.2) is 0 Å². The topological polar surface area (TPSA) is 131 Å². The van der Waals surface area contributed by atoms with E-state index < -0.39 is 17.3 Å². The van der Waals surface area contributed by atoms with Crippen LogP contribution in [0.3, 0.4) is 0 Å². The number of aromatic nitrogens is 3. The van der Waals surface area contributed by atoms with Gasteiger partial charge in [-0.05, 0) is 70.9 Å². The molecule has 1 fully saturated rings. The highest BCUT2D eigenvalue weighted by molar-refractivity contribution is 6.39. The predicted octanol–water partition coefficient (Wildman–Crippen LogP) is 8.16. The summed E-state index contributed by atoms with van der Waals surface area (Å²) in [6.45, 7) is 10.6. The monoisotopic (exact) mass is 786 g/mol. The first-order valence-electron chi connectivity index (χ1n) is 18.3. The molecule has 3 aromatic heterocycles. The fourth-order valence-electron chi connectivity index (χ4n) is 6.78. The van der Waals surface area contributed by atoms with E-state index in [1.807, 2.05) is 70.3 Å². The van der Waals surface area contributed by atoms with Crippen molar-refractivity contribution in [3.63, 3.8) is 0 Å². The first-order chi connectivity index (χ1) is 26.0. The lowest BCUT2D eigenvalue weighted by molar-refractivity contribution is -0.119. The van der Waals surface area contributed by atoms with Crippen LogP contribution in [0.5, 0.6) is 5.88 Å². The maximum absolute atomic E-state index is 13.3. The van der Waals surface area contributed by atoms with Crippen LogP contribution in [0.4, 0.5) is 4.79 Å². The molecule has 4 heterocycles. The average Bonchev–Trinajstić information content (AvgIpc) is 3.68. The van der Waals surface area contributed by atoms with Crippen LogP contribution in [-0.4, -0.2) is 74.0 Å². The van der Waals surface area contributed by atoms with Gasteiger partial charge in [-0.1, -0.05) is 53.5 Å². The second-order valence-corrected chi connectivity index (χ2v) is 16.4. The van der Waals surface area contributed by atoms with Crippen molar-refractivity contribution < 1.29 is 24.2 Å². The van der Waals surface area contributed by atoms with E-state index in [9.17, 15) is 14.7 Å². The van der Waals surface area contributed by atoms with E-state index in [-0.39, 0.29) is 25.0 Å². The summed E-state index contributed by atoms with van der Waals surface area (Å²) in [6, 6.07) is 17.3. The zero-order valence-electron chi connectivity index (χ0n) is 32.3. The molecule has 13 heteroatoms. The second-order valence-electron chi connectivity index (χ2n) is 15.6. The number of nitrogens with one attached hydrogen (secondary N) is 2. The minimum atomic E-state index is -0.800. The number of rotatable bonds is 12. The van der Waals surface area contributed by atoms with Crippen LogP contribution in [0.25, 0.3) is 44.5 Å². The normalized spacial score (nSPS) is 14.7. The molecule has 6 rings (SSSR count). The van der Waals surface area contributed by atoms with Crippen molar-refractivity contribution in [3.8, 4) is 39.5 Å². The van der Waals surface area contributed by atoms with Gasteiger partial charge in [-0.15, -0.1) is 0 Å². The minimum Gasteiger partial charge on any atom is -0.481 e. The maximum atomic E-state index is 13.3. The number of benzene rings is 2. The molecule has 55 heavy (non-hydrogen) atoms. The summed E-state index contributed by atoms with van der Waals surface area (Å²) in [7, 11) is 3.54. The third-order valence-electron chi connectivity index (χ3n) is 9.34. The Bertz CT molecular complexity index is 2220. The van der Waals surface area contributed by atoms with E-state index in [0.717, 1.165) is 27.6 Å². The first-order valence-corrected chi connectivity index (χ1v) is 19.0. The van der Waals surface area contributed by atoms with Gasteiger partial charge >= 0.3 is 6.09 Å². The Balaban J connectivity index is 1.28. The molecule has 1 saturated heterocycles. The standard InChI is InChI=1S/C42H48Cl2N6O5/c1-41(2,3)55-40(52)50(23-28-13-16-35(51)47-28)22-26-12-15-33(48-39(26)54-7)32-10-8-9-30(36(32)43)31-17-18-46-38(37(31)44)25-11-14-29-27(20-45-24-42(4,5)53)21-49(6)34(29)19-25/h8-12,14-15,17-19,21,28,45,53H,13,16,20,22-24H2,1-7H3,(H,47,51)/t28-/m0/s1. The Morgan fingerprint density at radius 1 is 1.04 bits per heavy atom. The number of aryl methyl sites for hydroxylation is 1. The van der Waals surface area contributed by atoms with Gasteiger partial charge in [0, 0.05) is 90.3 Å². The fourth-order valence-corrected chi connectivity index (χ4v) is 7.43. The number of ether oxygens (including phenoxy) is 2. The second kappa shape index (κ2) is 16.2. The van der Waals surface area contributed by atoms with Gasteiger partial charge in [0.25, 0.3) is 0 Å². The van der Waals surface area contributed by atoms with E-state index >= 15 is 0 Å². The van der Waals surface area contributed by atoms with Crippen LogP contribution < -0.4 is 15.4 Å². The van der Waals surface area contributed by atoms with Crippen molar-refractivity contribution in [1.29, 1.82) is 0 Å². The molecular weight excluding hydrogens is 739 g/mol. The Hall–Kier alpha value is -4.68. The number of carbonyl (C=O) groups is 2. The highest BCUT2D eigenvalue weighted by Gasteiger charge is 2.29. The van der Waals surface area contributed by atoms with Crippen molar-refractivity contribution in [1.82, 2.24) is 30.1 Å². The molecule has 0 spiro atoms. The lowest BCUT2D eigenvalue weighted by Crippen LogP contribution is -2.43. The summed E-state index contributed by atoms with van der Waals surface area (Å²) in [4.78, 5) is 36.3. The molecule has 0 bridgehead atoms. The van der Waals surface area contributed by atoms with Crippen LogP contribution in [0.2, 0.25) is 10.0 Å². The van der Waals surface area contributed by atoms with Crippen LogP contribution in [0.15, 0.2) is 67.0 Å². The Labute approximate surface area is 332 Å². The van der Waals surface area contributed by atoms with Gasteiger partial charge in [0.1, 0.15) is 5.60 Å². The molecule has 5 aromatic rings. The van der Waals surface area contributed by atoms with Crippen molar-refractivity contribution in [2.24, 2.45) is 7.05 Å². The maximum Gasteiger partial charge on any atom is 0.410 e. The third kappa shape index (κ3) is 9.41. The molecule has 11 nitrogen and oxygen atoms in total. The summed E-state index contributed by atoms with van der Waals surface area (Å²) in [5, 5.41) is 18.4. The minimum absolute atomic E-state index is 0.0303. The van der Waals surface area contributed by atoms with Gasteiger partial charge < -0.3 is 34.7 Å². The highest BCUT2D eigenvalue weighted by Crippen LogP contribution is 2.42. The largest absolute Gasteiger partial charge is 0.481 e. The van der Waals surface area contributed by atoms with Crippen LogP contribution in [0, 0.1) is 0 Å². The molecule has 0 unspecified atom stereocenters. The summed E-state index contributed by atoms with van der Waals surface area (Å²) >= 11 is 14.3. The summed E-state index contributed by atoms with van der Waals surface area (Å²) in [5.41, 5.74) is 5.50. The quantitative estimate of drug-likeness (QED) is 0.116. The number of hydrogen-bond donors (Lipinski definition) is 3. The molecule has 0 aliphatic carbocycles. The number of halogens is 2. The average molecular weight is 788 g/mol. The van der Waals surface area contributed by atoms with Crippen molar-refractivity contribution in [3.05, 3.63) is 88.2 Å². The molecule has 1 aliphatic rings. The lowest BCUT2D eigenvalue weighted by atomic mass is 9.99. The number of aliphatic hydroxyl groups is 1. The number of pyridine rings is 2. The molecule has 290 valence electrons. The third-order valence-corrected chi connectivity index (χ3v) is 10.1. The molecular formula is C42H48Cl2N6O5. The number of carbonyl (C=O) groups excluding carboxylic acids is 2. The van der Waals surface area contributed by atoms with Gasteiger partial charge in [-0.2, -0.15) is 0 Å². The van der Waals surface area contributed by atoms with Crippen LogP contribution in [0.1, 0.15) is 58.6 Å². The SMILES string of the molecule is COc1nc(-c2cccc(-c3ccnc(-c4ccc5c(CNCC(C)(C)O)cn(C)c5c4)c3Cl)c2Cl)ccc1CN(C[C@@H]1CCC(=O)N1)C(=O)OC(C)(C)C. The van der Waals surface area contributed by atoms with E-state index in [2.05, 4.69) is 38.5 Å². The van der Waals surface area contributed by atoms with E-state index in [1.165, 1.54) is 7.11 Å². The van der Waals surface area contributed by atoms with Crippen molar-refractivity contribution in [2.45, 2.75) is 77.8 Å². The lowest BCUT2D eigenvalue weighted by Gasteiger charge is -2.29. The molecule has 0 saturated carbocycles. The number of amides is 2. The van der Waals surface area contributed by atoms with E-state index in [1.54, 1.807) is 24.9 Å². The zero-order valence-corrected chi connectivity index (χ0v) is 33.8. The first kappa shape index (κ1) is 40.0. The summed E-state index contributed by atoms with van der Waals surface area (Å²) < 4.78 is 13.5. The summed E-state index contributed by atoms with van der Waals surface area (Å²) in [5.74, 6) is 0.303. The number of fused-ring (bicyclic) bond motifs is 1. The number of hydrogen-bond acceptors (Lipinski definition) is 8. The van der Waals surface area contributed by atoms with Crippen LogP contribution >= 0.6 is 23.2 Å². The Kier molecular flexibility index (Phi) is 11.8. The Morgan fingerprint density at radius 3 is 2.47 bits per heavy atom. The van der Waals surface area contributed by atoms with Gasteiger partial charge in [0.2, 0.25) is 11.8 Å². The zero-order chi connectivity index (χ0) is 39.7. The smallest absolute Gasteiger partial charge is 0.410 e. The molecule has 2 aromatic carbocycles. The fraction of sp³-hybridized carbons (Fsp3) is 0.381. The van der Waals surface area contributed by atoms with Gasteiger partial charge in [-0.3, -0.25) is 9.78 Å². The number of methoxy groups -OCH3 is 1. The molecule has 2 amide bonds. The van der Waals surface area contributed by atoms with Gasteiger partial charge in [-0.25, -0.2) is 9.78 Å². The molecule has 1 atom stereocenters. The molecule has 3 N–H and O–H groups in total. The Morgan fingerprint density at radius 2 is 1.78 bits per heavy atom. The van der Waals surface area contributed by atoms with Crippen LogP contribution in [-0.2, 0) is 29.7 Å². The van der Waals surface area contributed by atoms with Crippen molar-refractivity contribution in [2.75, 3.05) is 20.2 Å². The predicted molar refractivity (Wildman–Crippen MR) is 217 cm³/mol.